The van der Waals surface area contributed by atoms with Crippen LogP contribution in [-0.2, 0) is 12.8 Å². The average molecular weight is 273 g/mol. The molecule has 0 radical (unpaired) electrons. The summed E-state index contributed by atoms with van der Waals surface area (Å²) in [4.78, 5) is 4.43. The summed E-state index contributed by atoms with van der Waals surface area (Å²) in [6, 6.07) is 7.57. The molecular formula is C14H19N5O. The molecule has 0 aliphatic carbocycles. The smallest absolute Gasteiger partial charge is 0.233 e. The minimum absolute atomic E-state index is 0.131. The van der Waals surface area contributed by atoms with Crippen LogP contribution in [0.1, 0.15) is 29.9 Å². The molecule has 2 rings (SSSR count). The van der Waals surface area contributed by atoms with Gasteiger partial charge in [-0.3, -0.25) is 16.3 Å². The Labute approximate surface area is 118 Å². The first-order chi connectivity index (χ1) is 9.76. The van der Waals surface area contributed by atoms with Gasteiger partial charge in [-0.1, -0.05) is 13.0 Å². The second-order valence-electron chi connectivity index (χ2n) is 4.44. The number of nitrogens with one attached hydrogen (secondary N) is 1. The first-order valence-electron chi connectivity index (χ1n) is 6.54. The fraction of sp³-hybridized carbons (Fsp3) is 0.357. The maximum atomic E-state index is 5.60. The zero-order chi connectivity index (χ0) is 14.4. The minimum Gasteiger partial charge on any atom is -0.480 e. The maximum Gasteiger partial charge on any atom is 0.233 e. The number of hydrogen-bond acceptors (Lipinski definition) is 6. The molecule has 20 heavy (non-hydrogen) atoms. The molecule has 3 N–H and O–H groups in total. The molecule has 0 aliphatic heterocycles. The molecule has 0 amide bonds. The van der Waals surface area contributed by atoms with E-state index in [0.717, 1.165) is 17.8 Å². The van der Waals surface area contributed by atoms with Crippen molar-refractivity contribution >= 4 is 0 Å². The third-order valence-electron chi connectivity index (χ3n) is 3.14. The van der Waals surface area contributed by atoms with Crippen LogP contribution < -0.4 is 16.0 Å². The number of nitrogens with zero attached hydrogens (tertiary/aromatic N) is 3. The van der Waals surface area contributed by atoms with E-state index in [9.17, 15) is 0 Å². The van der Waals surface area contributed by atoms with Crippen molar-refractivity contribution in [3.63, 3.8) is 0 Å². The summed E-state index contributed by atoms with van der Waals surface area (Å²) in [7, 11) is 1.56. The normalized spacial score (nSPS) is 12.2. The van der Waals surface area contributed by atoms with Crippen LogP contribution in [0.3, 0.4) is 0 Å². The lowest BCUT2D eigenvalue weighted by Crippen LogP contribution is -2.30. The van der Waals surface area contributed by atoms with Crippen LogP contribution in [0.4, 0.5) is 0 Å². The molecule has 0 bridgehead atoms. The lowest BCUT2D eigenvalue weighted by molar-refractivity contribution is 0.389. The molecule has 0 fully saturated rings. The van der Waals surface area contributed by atoms with Gasteiger partial charge >= 0.3 is 0 Å². The molecule has 0 aliphatic rings. The van der Waals surface area contributed by atoms with E-state index in [1.54, 1.807) is 13.2 Å². The van der Waals surface area contributed by atoms with Gasteiger partial charge in [0.1, 0.15) is 0 Å². The van der Waals surface area contributed by atoms with E-state index in [0.29, 0.717) is 12.3 Å². The summed E-state index contributed by atoms with van der Waals surface area (Å²) in [6.07, 6.45) is 3.53. The molecule has 2 aromatic rings. The second kappa shape index (κ2) is 6.93. The second-order valence-corrected chi connectivity index (χ2v) is 4.44. The molecule has 1 unspecified atom stereocenters. The van der Waals surface area contributed by atoms with Crippen molar-refractivity contribution in [1.82, 2.24) is 20.6 Å². The fourth-order valence-electron chi connectivity index (χ4n) is 1.87. The van der Waals surface area contributed by atoms with Gasteiger partial charge in [-0.2, -0.15) is 5.10 Å². The average Bonchev–Trinajstić information content (AvgIpc) is 2.53. The Kier molecular flexibility index (Phi) is 4.97. The van der Waals surface area contributed by atoms with Crippen LogP contribution >= 0.6 is 0 Å². The topological polar surface area (TPSA) is 86.0 Å². The van der Waals surface area contributed by atoms with E-state index in [4.69, 9.17) is 10.6 Å². The Morgan fingerprint density at radius 2 is 2.10 bits per heavy atom. The van der Waals surface area contributed by atoms with Crippen molar-refractivity contribution in [3.05, 3.63) is 47.4 Å². The summed E-state index contributed by atoms with van der Waals surface area (Å²) in [5.41, 5.74) is 5.69. The van der Waals surface area contributed by atoms with Crippen molar-refractivity contribution < 1.29 is 4.74 Å². The number of nitrogens with two attached hydrogens (primary N) is 1. The summed E-state index contributed by atoms with van der Waals surface area (Å²) in [6.45, 7) is 2.11. The lowest BCUT2D eigenvalue weighted by Gasteiger charge is -2.14. The highest BCUT2D eigenvalue weighted by Crippen LogP contribution is 2.16. The molecule has 6 heteroatoms. The Morgan fingerprint density at radius 1 is 1.25 bits per heavy atom. The largest absolute Gasteiger partial charge is 0.480 e. The van der Waals surface area contributed by atoms with Crippen LogP contribution in [0, 0.1) is 0 Å². The van der Waals surface area contributed by atoms with Crippen molar-refractivity contribution in [1.29, 1.82) is 0 Å². The summed E-state index contributed by atoms with van der Waals surface area (Å²) in [5, 5.41) is 8.05. The summed E-state index contributed by atoms with van der Waals surface area (Å²) < 4.78 is 4.99. The van der Waals surface area contributed by atoms with Crippen LogP contribution in [0.5, 0.6) is 5.88 Å². The van der Waals surface area contributed by atoms with E-state index in [1.807, 2.05) is 18.3 Å². The maximum absolute atomic E-state index is 5.60. The van der Waals surface area contributed by atoms with Gasteiger partial charge in [0.2, 0.25) is 5.88 Å². The molecule has 0 spiro atoms. The third kappa shape index (κ3) is 3.49. The molecular weight excluding hydrogens is 254 g/mol. The van der Waals surface area contributed by atoms with Gasteiger partial charge < -0.3 is 4.74 Å². The Hall–Kier alpha value is -2.05. The third-order valence-corrected chi connectivity index (χ3v) is 3.14. The van der Waals surface area contributed by atoms with Gasteiger partial charge in [-0.25, -0.2) is 0 Å². The first-order valence-corrected chi connectivity index (χ1v) is 6.54. The van der Waals surface area contributed by atoms with E-state index < -0.39 is 0 Å². The number of methoxy groups -OCH3 is 1. The number of hydrogen-bond donors (Lipinski definition) is 2. The van der Waals surface area contributed by atoms with Crippen molar-refractivity contribution in [2.75, 3.05) is 7.11 Å². The molecule has 0 aromatic carbocycles. The summed E-state index contributed by atoms with van der Waals surface area (Å²) in [5.74, 6) is 6.08. The first kappa shape index (κ1) is 14.4. The minimum atomic E-state index is -0.131. The molecule has 0 saturated carbocycles. The number of ether oxygens (including phenoxy) is 1. The Balaban J connectivity index is 2.10. The molecule has 106 valence electrons. The van der Waals surface area contributed by atoms with Crippen molar-refractivity contribution in [3.8, 4) is 5.88 Å². The van der Waals surface area contributed by atoms with Gasteiger partial charge in [-0.15, -0.1) is 5.10 Å². The van der Waals surface area contributed by atoms with Crippen LogP contribution in [0.15, 0.2) is 30.5 Å². The lowest BCUT2D eigenvalue weighted by atomic mass is 10.1. The molecule has 2 heterocycles. The van der Waals surface area contributed by atoms with Gasteiger partial charge in [0.05, 0.1) is 18.8 Å². The zero-order valence-corrected chi connectivity index (χ0v) is 11.7. The van der Waals surface area contributed by atoms with Gasteiger partial charge in [0, 0.05) is 24.4 Å². The van der Waals surface area contributed by atoms with E-state index in [-0.39, 0.29) is 6.04 Å². The zero-order valence-electron chi connectivity index (χ0n) is 11.7. The molecule has 0 saturated heterocycles. The van der Waals surface area contributed by atoms with Gasteiger partial charge in [0.15, 0.2) is 0 Å². The standard InChI is InChI=1S/C14H19N5O/c1-3-10-4-5-11(16-9-10)8-13(17-15)12-6-7-14(20-2)19-18-12/h4-7,9,13,17H,3,8,15H2,1-2H3. The predicted octanol–water partition coefficient (Wildman–Crippen LogP) is 1.19. The number of aromatic nitrogens is 3. The quantitative estimate of drug-likeness (QED) is 0.607. The highest BCUT2D eigenvalue weighted by molar-refractivity contribution is 5.18. The number of hydrazine groups is 1. The van der Waals surface area contributed by atoms with Crippen molar-refractivity contribution in [2.24, 2.45) is 5.84 Å². The van der Waals surface area contributed by atoms with Crippen molar-refractivity contribution in [2.45, 2.75) is 25.8 Å². The number of aryl methyl sites for hydroxylation is 1. The van der Waals surface area contributed by atoms with Crippen LogP contribution in [0.2, 0.25) is 0 Å². The highest BCUT2D eigenvalue weighted by atomic mass is 16.5. The van der Waals surface area contributed by atoms with Gasteiger partial charge in [0.25, 0.3) is 0 Å². The van der Waals surface area contributed by atoms with Gasteiger partial charge in [-0.05, 0) is 24.1 Å². The van der Waals surface area contributed by atoms with E-state index in [2.05, 4.69) is 33.6 Å². The molecule has 1 atom stereocenters. The Morgan fingerprint density at radius 3 is 2.60 bits per heavy atom. The number of rotatable bonds is 6. The Bertz CT molecular complexity index is 526. The van der Waals surface area contributed by atoms with Crippen LogP contribution in [0.25, 0.3) is 0 Å². The van der Waals surface area contributed by atoms with E-state index in [1.165, 1.54) is 5.56 Å². The number of pyridine rings is 1. The predicted molar refractivity (Wildman–Crippen MR) is 76.0 cm³/mol. The highest BCUT2D eigenvalue weighted by Gasteiger charge is 2.13. The fourth-order valence-corrected chi connectivity index (χ4v) is 1.87. The van der Waals surface area contributed by atoms with Crippen LogP contribution in [-0.4, -0.2) is 22.3 Å². The molecule has 6 nitrogen and oxygen atoms in total. The molecule has 2 aromatic heterocycles. The monoisotopic (exact) mass is 273 g/mol. The van der Waals surface area contributed by atoms with E-state index >= 15 is 0 Å². The summed E-state index contributed by atoms with van der Waals surface area (Å²) >= 11 is 0. The SMILES string of the molecule is CCc1ccc(CC(NN)c2ccc(OC)nn2)nc1.